The topological polar surface area (TPSA) is 38.7 Å². The second-order valence-corrected chi connectivity index (χ2v) is 16.7. The van der Waals surface area contributed by atoms with Crippen molar-refractivity contribution in [1.82, 2.24) is 0 Å². The van der Waals surface area contributed by atoms with Crippen LogP contribution in [0.5, 0.6) is 5.75 Å². The van der Waals surface area contributed by atoms with E-state index < -0.39 is 92.2 Å². The fourth-order valence-corrected chi connectivity index (χ4v) is 9.29. The molecule has 0 aromatic heterocycles. The number of hydrogen-bond donors (Lipinski definition) is 1. The van der Waals surface area contributed by atoms with Gasteiger partial charge in [-0.3, -0.25) is 0 Å². The molecule has 0 fully saturated rings. The number of aliphatic hydroxyl groups is 1. The molecule has 0 saturated heterocycles. The van der Waals surface area contributed by atoms with Crippen molar-refractivity contribution in [3.8, 4) is 5.75 Å². The molecule has 286 valence electrons. The molecule has 0 amide bonds. The lowest BCUT2D eigenvalue weighted by Crippen LogP contribution is -2.74. The zero-order chi connectivity index (χ0) is 38.9. The van der Waals surface area contributed by atoms with Crippen molar-refractivity contribution in [3.05, 3.63) is 42.5 Å². The van der Waals surface area contributed by atoms with Crippen LogP contribution in [0.4, 0.5) is 74.6 Å². The molecule has 0 heterocycles. The fourth-order valence-electron chi connectivity index (χ4n) is 4.83. The van der Waals surface area contributed by atoms with Crippen LogP contribution in [0, 0.1) is 0 Å². The van der Waals surface area contributed by atoms with Gasteiger partial charge in [-0.2, -0.15) is 74.6 Å². The summed E-state index contributed by atoms with van der Waals surface area (Å²) in [5.74, 6) is -56.3. The van der Waals surface area contributed by atoms with E-state index >= 15 is 0 Å². The molecule has 1 N–H and O–H groups in total. The van der Waals surface area contributed by atoms with E-state index in [0.717, 1.165) is 0 Å². The van der Waals surface area contributed by atoms with Gasteiger partial charge in [0, 0.05) is 6.42 Å². The van der Waals surface area contributed by atoms with E-state index in [9.17, 15) is 79.7 Å². The van der Waals surface area contributed by atoms with Gasteiger partial charge >= 0.3 is 47.6 Å². The molecule has 0 spiro atoms. The maximum absolute atomic E-state index is 14.7. The zero-order valence-electron chi connectivity index (χ0n) is 26.1. The Bertz CT molecular complexity index is 1220. The Balaban J connectivity index is 3.30. The van der Waals surface area contributed by atoms with Crippen molar-refractivity contribution < 1.29 is 88.9 Å². The number of benzene rings is 1. The van der Waals surface area contributed by atoms with E-state index in [1.807, 2.05) is 0 Å². The summed E-state index contributed by atoms with van der Waals surface area (Å²) >= 11 is 0. The largest absolute Gasteiger partial charge is 0.491 e. The van der Waals surface area contributed by atoms with Gasteiger partial charge in [-0.1, -0.05) is 45.9 Å². The third-order valence-electron chi connectivity index (χ3n) is 7.95. The molecular formula is C28H33F17O3Si. The lowest BCUT2D eigenvalue weighted by atomic mass is 9.88. The summed E-state index contributed by atoms with van der Waals surface area (Å²) in [7, 11) is -3.89. The third-order valence-corrected chi connectivity index (χ3v) is 13.6. The quantitative estimate of drug-likeness (QED) is 0.0659. The highest BCUT2D eigenvalue weighted by molar-refractivity contribution is 6.76. The van der Waals surface area contributed by atoms with Crippen molar-refractivity contribution in [3.63, 3.8) is 0 Å². The highest BCUT2D eigenvalue weighted by atomic mass is 28.4. The van der Waals surface area contributed by atoms with E-state index in [1.165, 1.54) is 58.0 Å². The van der Waals surface area contributed by atoms with Crippen LogP contribution in [0.1, 0.15) is 52.2 Å². The van der Waals surface area contributed by atoms with Crippen molar-refractivity contribution >= 4 is 8.32 Å². The van der Waals surface area contributed by atoms with Gasteiger partial charge in [0.15, 0.2) is 8.32 Å². The Kier molecular flexibility index (Phi) is 13.5. The molecule has 1 aromatic carbocycles. The van der Waals surface area contributed by atoms with Crippen molar-refractivity contribution in [2.75, 3.05) is 13.2 Å². The number of aliphatic hydroxyl groups excluding tert-OH is 1. The first-order valence-electron chi connectivity index (χ1n) is 14.1. The van der Waals surface area contributed by atoms with Crippen molar-refractivity contribution in [2.24, 2.45) is 0 Å². The molecule has 0 bridgehead atoms. The number of ether oxygens (including phenoxy) is 1. The highest BCUT2D eigenvalue weighted by Crippen LogP contribution is 2.64. The molecule has 0 aliphatic carbocycles. The lowest BCUT2D eigenvalue weighted by molar-refractivity contribution is -0.461. The van der Waals surface area contributed by atoms with Gasteiger partial charge in [-0.25, -0.2) is 0 Å². The van der Waals surface area contributed by atoms with Crippen LogP contribution in [-0.2, 0) is 4.43 Å². The van der Waals surface area contributed by atoms with Crippen LogP contribution >= 0.6 is 0 Å². The third kappa shape index (κ3) is 7.96. The maximum atomic E-state index is 14.7. The molecule has 0 radical (unpaired) electrons. The van der Waals surface area contributed by atoms with Gasteiger partial charge in [0.1, 0.15) is 12.4 Å². The van der Waals surface area contributed by atoms with Gasteiger partial charge < -0.3 is 14.3 Å². The standard InChI is InChI=1S/C28H33F17O3Si/c1-6-7-20(46)18-8-10-19(11-9-18)47-13-14-48-49(16(2)3,17(4)5)15-12-21(29,30)22(31,32)23(33,34)24(35,36)25(37,38)26(39,40)27(41,42)28(43,44)45/h6,8-11,16-17,20,46H,1,7,12-15H2,2-5H3/t20-/m1/s1. The van der Waals surface area contributed by atoms with Crippen molar-refractivity contribution in [1.29, 1.82) is 0 Å². The lowest BCUT2D eigenvalue weighted by Gasteiger charge is -2.44. The molecule has 21 heteroatoms. The molecule has 1 aromatic rings. The number of halogens is 17. The normalized spacial score (nSPS) is 15.6. The molecule has 0 aliphatic heterocycles. The van der Waals surface area contributed by atoms with Crippen LogP contribution in [0.2, 0.25) is 17.1 Å². The van der Waals surface area contributed by atoms with E-state index in [2.05, 4.69) is 6.58 Å². The van der Waals surface area contributed by atoms with E-state index in [1.54, 1.807) is 0 Å². The molecule has 1 atom stereocenters. The fraction of sp³-hybridized carbons (Fsp3) is 0.714. The van der Waals surface area contributed by atoms with Gasteiger partial charge in [0.25, 0.3) is 0 Å². The Morgan fingerprint density at radius 2 is 1.06 bits per heavy atom. The smallest absolute Gasteiger partial charge is 0.460 e. The molecular weight excluding hydrogens is 735 g/mol. The van der Waals surface area contributed by atoms with Crippen LogP contribution in [0.3, 0.4) is 0 Å². The minimum atomic E-state index is -8.66. The maximum Gasteiger partial charge on any atom is 0.460 e. The first-order valence-corrected chi connectivity index (χ1v) is 16.4. The first kappa shape index (κ1) is 44.7. The first-order chi connectivity index (χ1) is 21.8. The molecule has 0 unspecified atom stereocenters. The average Bonchev–Trinajstić information content (AvgIpc) is 2.95. The van der Waals surface area contributed by atoms with Gasteiger partial charge in [0.2, 0.25) is 0 Å². The SMILES string of the molecule is C=CC[C@@H](O)c1ccc(OCCO[Si](CCC(F)(F)C(F)(F)C(F)(F)C(F)(F)C(F)(F)C(F)(F)C(F)(F)C(F)(F)F)(C(C)C)C(C)C)cc1. The molecule has 3 nitrogen and oxygen atoms in total. The highest BCUT2D eigenvalue weighted by Gasteiger charge is 2.95. The summed E-state index contributed by atoms with van der Waals surface area (Å²) in [5.41, 5.74) is -1.15. The van der Waals surface area contributed by atoms with Gasteiger partial charge in [-0.15, -0.1) is 6.58 Å². The van der Waals surface area contributed by atoms with Crippen LogP contribution < -0.4 is 4.74 Å². The van der Waals surface area contributed by atoms with Crippen LogP contribution in [0.15, 0.2) is 36.9 Å². The summed E-state index contributed by atoms with van der Waals surface area (Å²) in [6, 6.07) is 4.57. The Morgan fingerprint density at radius 1 is 0.653 bits per heavy atom. The second-order valence-electron chi connectivity index (χ2n) is 11.7. The average molecular weight is 769 g/mol. The Morgan fingerprint density at radius 3 is 1.45 bits per heavy atom. The number of hydrogen-bond acceptors (Lipinski definition) is 3. The van der Waals surface area contributed by atoms with E-state index in [0.29, 0.717) is 5.56 Å². The summed E-state index contributed by atoms with van der Waals surface area (Å²) in [4.78, 5) is 0. The molecule has 0 aliphatic rings. The monoisotopic (exact) mass is 768 g/mol. The summed E-state index contributed by atoms with van der Waals surface area (Å²) in [6.45, 7) is 8.05. The minimum absolute atomic E-state index is 0.212. The predicted octanol–water partition coefficient (Wildman–Crippen LogP) is 10.9. The van der Waals surface area contributed by atoms with E-state index in [-0.39, 0.29) is 18.8 Å². The van der Waals surface area contributed by atoms with Gasteiger partial charge in [-0.05, 0) is 41.2 Å². The molecule has 49 heavy (non-hydrogen) atoms. The molecule has 0 saturated carbocycles. The van der Waals surface area contributed by atoms with Gasteiger partial charge in [0.05, 0.1) is 12.7 Å². The summed E-state index contributed by atoms with van der Waals surface area (Å²) < 4.78 is 244. The minimum Gasteiger partial charge on any atom is -0.491 e. The van der Waals surface area contributed by atoms with E-state index in [4.69, 9.17) is 9.16 Å². The second kappa shape index (κ2) is 14.7. The zero-order valence-corrected chi connectivity index (χ0v) is 27.1. The Hall–Kier alpha value is -2.29. The Labute approximate surface area is 270 Å². The van der Waals surface area contributed by atoms with Crippen LogP contribution in [-0.4, -0.2) is 74.3 Å². The molecule has 1 rings (SSSR count). The van der Waals surface area contributed by atoms with Crippen molar-refractivity contribution in [2.45, 2.75) is 111 Å². The number of rotatable bonds is 19. The predicted molar refractivity (Wildman–Crippen MR) is 144 cm³/mol. The summed E-state index contributed by atoms with van der Waals surface area (Å²) in [5, 5.41) is 9.95. The summed E-state index contributed by atoms with van der Waals surface area (Å²) in [6.07, 6.45) is -9.49. The van der Waals surface area contributed by atoms with Crippen LogP contribution in [0.25, 0.3) is 0 Å². The number of alkyl halides is 17.